The summed E-state index contributed by atoms with van der Waals surface area (Å²) in [5, 5.41) is 0. The molecule has 0 bridgehead atoms. The Labute approximate surface area is 378 Å². The molecule has 0 aliphatic rings. The number of benzene rings is 3. The molecule has 0 aliphatic carbocycles. The van der Waals surface area contributed by atoms with Crippen LogP contribution >= 0.6 is 0 Å². The summed E-state index contributed by atoms with van der Waals surface area (Å²) in [5.41, 5.74) is 3.33. The smallest absolute Gasteiger partial charge is 0.373 e. The minimum atomic E-state index is -0.385. The van der Waals surface area contributed by atoms with Gasteiger partial charge in [0.05, 0.1) is 12.8 Å². The molecule has 0 radical (unpaired) electrons. The number of aromatic nitrogens is 4. The van der Waals surface area contributed by atoms with E-state index in [4.69, 9.17) is 33.8 Å². The van der Waals surface area contributed by atoms with Crippen molar-refractivity contribution in [2.24, 2.45) is 11.8 Å². The molecule has 0 fully saturated rings. The molecule has 0 aliphatic heterocycles. The second kappa shape index (κ2) is 27.6. The number of anilines is 5. The highest BCUT2D eigenvalue weighted by Gasteiger charge is 2.26. The van der Waals surface area contributed by atoms with Crippen LogP contribution in [0.3, 0.4) is 0 Å². The highest BCUT2D eigenvalue weighted by atomic mass is 16.6. The first kappa shape index (κ1) is 50.2. The summed E-state index contributed by atoms with van der Waals surface area (Å²) in [6.45, 7) is 21.2. The first-order chi connectivity index (χ1) is 30.6. The Kier molecular flexibility index (Phi) is 22.0. The minimum absolute atomic E-state index is 0.0293. The van der Waals surface area contributed by atoms with E-state index in [9.17, 15) is 4.79 Å². The standard InChI is InChI=1S/C34H49N7O.C18H26O3/c1-7-9-10-16-23-40(25-22-27(5)6)32-36-31(39(8-2)24-21-26(3)4)37-33(38-32)41(28-17-12-11-13-18-28)34-35-29-19-14-15-20-30(29)42-34;1-4-6-8-13-16(5-2)21-18(19)17(20-3)14-15-11-9-7-10-12-15/h11-15,17-20,26-27H,7-10,16,21-25H2,1-6H3;7,9-12,14,16H,4-6,8,13H2,1-3H3. The summed E-state index contributed by atoms with van der Waals surface area (Å²) in [5.74, 6) is 2.95. The van der Waals surface area contributed by atoms with Gasteiger partial charge in [-0.1, -0.05) is 141 Å². The van der Waals surface area contributed by atoms with Crippen molar-refractivity contribution in [1.82, 2.24) is 19.9 Å². The monoisotopic (exact) mass is 862 g/mol. The van der Waals surface area contributed by atoms with Gasteiger partial charge < -0.3 is 23.7 Å². The molecule has 5 rings (SSSR count). The fourth-order valence-electron chi connectivity index (χ4n) is 6.92. The average Bonchev–Trinajstić information content (AvgIpc) is 3.72. The van der Waals surface area contributed by atoms with Crippen molar-refractivity contribution in [1.29, 1.82) is 0 Å². The number of para-hydroxylation sites is 3. The Morgan fingerprint density at radius 1 is 0.651 bits per heavy atom. The quantitative estimate of drug-likeness (QED) is 0.0229. The summed E-state index contributed by atoms with van der Waals surface area (Å²) in [6, 6.07) is 28.0. The number of carbonyl (C=O) groups is 1. The van der Waals surface area contributed by atoms with Crippen LogP contribution in [0.5, 0.6) is 0 Å². The number of carbonyl (C=O) groups excluding carboxylic acids is 1. The van der Waals surface area contributed by atoms with Crippen molar-refractivity contribution < 1.29 is 18.7 Å². The van der Waals surface area contributed by atoms with Gasteiger partial charge in [0.25, 0.3) is 0 Å². The van der Waals surface area contributed by atoms with E-state index in [-0.39, 0.29) is 17.8 Å². The Balaban J connectivity index is 0.000000349. The van der Waals surface area contributed by atoms with Gasteiger partial charge in [-0.2, -0.15) is 19.9 Å². The number of hydrogen-bond acceptors (Lipinski definition) is 11. The number of esters is 1. The van der Waals surface area contributed by atoms with Crippen LogP contribution in [0.4, 0.5) is 29.5 Å². The number of nitrogens with zero attached hydrogens (tertiary/aromatic N) is 7. The van der Waals surface area contributed by atoms with Gasteiger partial charge in [-0.25, -0.2) is 9.69 Å². The molecule has 0 amide bonds. The minimum Gasteiger partial charge on any atom is -0.490 e. The molecule has 342 valence electrons. The lowest BCUT2D eigenvalue weighted by Gasteiger charge is -2.28. The summed E-state index contributed by atoms with van der Waals surface area (Å²) in [4.78, 5) is 38.9. The Bertz CT molecular complexity index is 2020. The number of oxazole rings is 1. The van der Waals surface area contributed by atoms with Gasteiger partial charge in [0, 0.05) is 26.2 Å². The maximum absolute atomic E-state index is 12.2. The van der Waals surface area contributed by atoms with E-state index >= 15 is 0 Å². The predicted octanol–water partition coefficient (Wildman–Crippen LogP) is 13.4. The van der Waals surface area contributed by atoms with E-state index in [0.29, 0.717) is 35.7 Å². The zero-order valence-corrected chi connectivity index (χ0v) is 39.8. The molecule has 2 heterocycles. The summed E-state index contributed by atoms with van der Waals surface area (Å²) >= 11 is 0. The zero-order valence-electron chi connectivity index (χ0n) is 39.8. The SMILES string of the molecule is CCCCCC(CC)OC(=O)C(=Cc1ccccc1)OC.CCCCCCN(CCC(C)C)c1nc(N(CC)CCC(C)C)nc(N(c2ccccc2)c2nc3ccccc3o2)n1. The molecular weight excluding hydrogens is 787 g/mol. The lowest BCUT2D eigenvalue weighted by Crippen LogP contribution is -2.32. The predicted molar refractivity (Wildman–Crippen MR) is 261 cm³/mol. The third-order valence-corrected chi connectivity index (χ3v) is 10.8. The third kappa shape index (κ3) is 16.6. The van der Waals surface area contributed by atoms with Crippen molar-refractivity contribution in [2.45, 2.75) is 132 Å². The Morgan fingerprint density at radius 2 is 1.24 bits per heavy atom. The molecule has 3 aromatic carbocycles. The molecule has 5 aromatic rings. The maximum atomic E-state index is 12.2. The van der Waals surface area contributed by atoms with Crippen LogP contribution in [0.2, 0.25) is 0 Å². The number of hydrogen-bond donors (Lipinski definition) is 0. The zero-order chi connectivity index (χ0) is 45.4. The van der Waals surface area contributed by atoms with Crippen LogP contribution in [0.25, 0.3) is 17.2 Å². The molecule has 0 spiro atoms. The number of fused-ring (bicyclic) bond motifs is 1. The van der Waals surface area contributed by atoms with Crippen LogP contribution in [0.15, 0.2) is 95.1 Å². The van der Waals surface area contributed by atoms with Crippen LogP contribution in [0, 0.1) is 11.8 Å². The third-order valence-electron chi connectivity index (χ3n) is 10.8. The number of unbranched alkanes of at least 4 members (excludes halogenated alkanes) is 5. The van der Waals surface area contributed by atoms with Gasteiger partial charge in [0.2, 0.25) is 23.6 Å². The van der Waals surface area contributed by atoms with Crippen molar-refractivity contribution in [3.8, 4) is 0 Å². The van der Waals surface area contributed by atoms with Gasteiger partial charge in [-0.3, -0.25) is 0 Å². The fourth-order valence-corrected chi connectivity index (χ4v) is 6.92. The Hall–Kier alpha value is -5.45. The van der Waals surface area contributed by atoms with Gasteiger partial charge in [0.15, 0.2) is 5.58 Å². The topological polar surface area (TPSA) is 110 Å². The van der Waals surface area contributed by atoms with E-state index in [2.05, 4.69) is 58.3 Å². The van der Waals surface area contributed by atoms with E-state index < -0.39 is 0 Å². The van der Waals surface area contributed by atoms with E-state index in [1.165, 1.54) is 39.2 Å². The van der Waals surface area contributed by atoms with Crippen LogP contribution in [-0.4, -0.2) is 65.3 Å². The van der Waals surface area contributed by atoms with Crippen molar-refractivity contribution in [3.05, 3.63) is 96.3 Å². The number of ether oxygens (including phenoxy) is 2. The molecule has 63 heavy (non-hydrogen) atoms. The lowest BCUT2D eigenvalue weighted by molar-refractivity contribution is -0.148. The number of methoxy groups -OCH3 is 1. The first-order valence-electron chi connectivity index (χ1n) is 23.6. The summed E-state index contributed by atoms with van der Waals surface area (Å²) < 4.78 is 17.0. The van der Waals surface area contributed by atoms with Gasteiger partial charge in [0.1, 0.15) is 11.6 Å². The normalized spacial score (nSPS) is 12.0. The molecule has 1 unspecified atom stereocenters. The van der Waals surface area contributed by atoms with Crippen LogP contribution < -0.4 is 14.7 Å². The Morgan fingerprint density at radius 3 is 1.84 bits per heavy atom. The summed E-state index contributed by atoms with van der Waals surface area (Å²) in [6.07, 6.45) is 13.8. The van der Waals surface area contributed by atoms with Gasteiger partial charge in [-0.15, -0.1) is 0 Å². The first-order valence-corrected chi connectivity index (χ1v) is 23.6. The number of rotatable bonds is 26. The molecule has 0 N–H and O–H groups in total. The highest BCUT2D eigenvalue weighted by Crippen LogP contribution is 2.35. The molecule has 0 saturated carbocycles. The molecule has 0 saturated heterocycles. The van der Waals surface area contributed by atoms with E-state index in [1.807, 2.05) is 96.8 Å². The molecule has 11 heteroatoms. The van der Waals surface area contributed by atoms with E-state index in [1.54, 1.807) is 6.08 Å². The van der Waals surface area contributed by atoms with Gasteiger partial charge >= 0.3 is 12.0 Å². The van der Waals surface area contributed by atoms with Crippen molar-refractivity contribution in [3.63, 3.8) is 0 Å². The largest absolute Gasteiger partial charge is 0.490 e. The van der Waals surface area contributed by atoms with Gasteiger partial charge in [-0.05, 0) is 93.2 Å². The average molecular weight is 862 g/mol. The molecule has 11 nitrogen and oxygen atoms in total. The highest BCUT2D eigenvalue weighted by molar-refractivity contribution is 5.91. The fraction of sp³-hybridized carbons (Fsp3) is 0.519. The second-order valence-electron chi connectivity index (χ2n) is 16.9. The second-order valence-corrected chi connectivity index (χ2v) is 16.9. The molecule has 2 aromatic heterocycles. The molecular formula is C52H75N7O4. The van der Waals surface area contributed by atoms with Crippen molar-refractivity contribution >= 4 is 52.7 Å². The molecule has 1 atom stereocenters. The summed E-state index contributed by atoms with van der Waals surface area (Å²) in [7, 11) is 1.49. The van der Waals surface area contributed by atoms with Crippen LogP contribution in [0.1, 0.15) is 132 Å². The maximum Gasteiger partial charge on any atom is 0.373 e. The van der Waals surface area contributed by atoms with Crippen molar-refractivity contribution in [2.75, 3.05) is 48.0 Å². The van der Waals surface area contributed by atoms with E-state index in [0.717, 1.165) is 87.1 Å². The lowest BCUT2D eigenvalue weighted by atomic mass is 10.1. The van der Waals surface area contributed by atoms with Crippen LogP contribution in [-0.2, 0) is 14.3 Å².